The molecule has 3 heterocycles. The molecule has 0 aliphatic carbocycles. The van der Waals surface area contributed by atoms with Crippen LogP contribution >= 0.6 is 0 Å². The molecular formula is C17H11FN4O4. The number of halogens is 1. The van der Waals surface area contributed by atoms with E-state index in [-0.39, 0.29) is 23.9 Å². The molecule has 130 valence electrons. The fraction of sp³-hybridized carbons (Fsp3) is 0.0588. The van der Waals surface area contributed by atoms with Crippen molar-refractivity contribution in [3.8, 4) is 22.9 Å². The van der Waals surface area contributed by atoms with Gasteiger partial charge in [0.1, 0.15) is 5.82 Å². The summed E-state index contributed by atoms with van der Waals surface area (Å²) in [5.41, 5.74) is 0.696. The number of nitrogens with zero attached hydrogens (tertiary/aromatic N) is 3. The number of hydrogen-bond acceptors (Lipinski definition) is 7. The number of amides is 1. The van der Waals surface area contributed by atoms with E-state index in [1.807, 2.05) is 0 Å². The van der Waals surface area contributed by atoms with Crippen LogP contribution in [0.1, 0.15) is 16.4 Å². The zero-order chi connectivity index (χ0) is 17.9. The van der Waals surface area contributed by atoms with Gasteiger partial charge in [0.05, 0.1) is 12.8 Å². The summed E-state index contributed by atoms with van der Waals surface area (Å²) in [5.74, 6) is 0.497. The summed E-state index contributed by atoms with van der Waals surface area (Å²) in [6, 6.07) is 10.5. The summed E-state index contributed by atoms with van der Waals surface area (Å²) in [4.78, 5) is 16.3. The van der Waals surface area contributed by atoms with E-state index in [1.165, 1.54) is 36.6 Å². The molecule has 0 spiro atoms. The molecule has 9 heteroatoms. The summed E-state index contributed by atoms with van der Waals surface area (Å²) in [5, 5.41) is 10.1. The van der Waals surface area contributed by atoms with E-state index in [4.69, 9.17) is 13.5 Å². The molecule has 1 aromatic carbocycles. The van der Waals surface area contributed by atoms with Crippen LogP contribution in [0.3, 0.4) is 0 Å². The summed E-state index contributed by atoms with van der Waals surface area (Å²) < 4.78 is 28.2. The standard InChI is InChI=1S/C17H11FN4O4/c18-11-5-3-10(4-6-11)16-20-15(26-22-16)9-19-17(23)12-8-14(25-21-12)13-2-1-7-24-13/h1-8H,9H2,(H,19,23). The first-order chi connectivity index (χ1) is 12.7. The Morgan fingerprint density at radius 2 is 1.92 bits per heavy atom. The van der Waals surface area contributed by atoms with E-state index in [0.717, 1.165) is 0 Å². The minimum absolute atomic E-state index is 0.00989. The van der Waals surface area contributed by atoms with E-state index in [2.05, 4.69) is 20.6 Å². The summed E-state index contributed by atoms with van der Waals surface area (Å²) in [6.45, 7) is 0.00989. The van der Waals surface area contributed by atoms with Gasteiger partial charge >= 0.3 is 0 Å². The lowest BCUT2D eigenvalue weighted by atomic mass is 10.2. The number of benzene rings is 1. The minimum atomic E-state index is -0.465. The Balaban J connectivity index is 1.40. The van der Waals surface area contributed by atoms with Crippen molar-refractivity contribution >= 4 is 5.91 Å². The van der Waals surface area contributed by atoms with Gasteiger partial charge in [-0.3, -0.25) is 4.79 Å². The first-order valence-electron chi connectivity index (χ1n) is 7.56. The van der Waals surface area contributed by atoms with E-state index in [1.54, 1.807) is 12.1 Å². The number of furan rings is 1. The molecule has 0 saturated carbocycles. The van der Waals surface area contributed by atoms with Crippen molar-refractivity contribution in [3.63, 3.8) is 0 Å². The lowest BCUT2D eigenvalue weighted by Crippen LogP contribution is -2.23. The van der Waals surface area contributed by atoms with E-state index >= 15 is 0 Å². The van der Waals surface area contributed by atoms with E-state index in [0.29, 0.717) is 22.9 Å². The molecule has 0 saturated heterocycles. The molecule has 0 radical (unpaired) electrons. The Kier molecular flexibility index (Phi) is 4.02. The molecule has 4 aromatic rings. The van der Waals surface area contributed by atoms with Gasteiger partial charge in [0.25, 0.3) is 5.91 Å². The fourth-order valence-corrected chi connectivity index (χ4v) is 2.21. The first kappa shape index (κ1) is 15.8. The number of carbonyl (C=O) groups is 1. The van der Waals surface area contributed by atoms with Gasteiger partial charge in [-0.2, -0.15) is 4.98 Å². The molecule has 1 N–H and O–H groups in total. The predicted molar refractivity (Wildman–Crippen MR) is 85.1 cm³/mol. The zero-order valence-corrected chi connectivity index (χ0v) is 13.2. The molecule has 1 amide bonds. The molecule has 4 rings (SSSR count). The number of hydrogen-bond donors (Lipinski definition) is 1. The average Bonchev–Trinajstić information content (AvgIpc) is 3.41. The van der Waals surface area contributed by atoms with Gasteiger partial charge in [0.15, 0.2) is 11.5 Å². The molecule has 0 bridgehead atoms. The van der Waals surface area contributed by atoms with Crippen molar-refractivity contribution in [2.24, 2.45) is 0 Å². The van der Waals surface area contributed by atoms with E-state index < -0.39 is 5.91 Å². The van der Waals surface area contributed by atoms with Crippen molar-refractivity contribution in [1.82, 2.24) is 20.6 Å². The highest BCUT2D eigenvalue weighted by atomic mass is 19.1. The quantitative estimate of drug-likeness (QED) is 0.587. The molecule has 0 atom stereocenters. The van der Waals surface area contributed by atoms with Crippen LogP contribution in [0.15, 0.2) is 62.2 Å². The Morgan fingerprint density at radius 3 is 2.69 bits per heavy atom. The van der Waals surface area contributed by atoms with Crippen LogP contribution in [0, 0.1) is 5.82 Å². The average molecular weight is 354 g/mol. The summed E-state index contributed by atoms with van der Waals surface area (Å²) in [6.07, 6.45) is 1.49. The van der Waals surface area contributed by atoms with Crippen LogP contribution in [-0.2, 0) is 6.54 Å². The summed E-state index contributed by atoms with van der Waals surface area (Å²) in [7, 11) is 0. The van der Waals surface area contributed by atoms with Crippen molar-refractivity contribution in [2.75, 3.05) is 0 Å². The molecule has 0 fully saturated rings. The van der Waals surface area contributed by atoms with Crippen LogP contribution in [0.4, 0.5) is 4.39 Å². The third-order valence-electron chi connectivity index (χ3n) is 3.48. The Labute approximate surface area is 145 Å². The van der Waals surface area contributed by atoms with Crippen LogP contribution < -0.4 is 5.32 Å². The second-order valence-electron chi connectivity index (χ2n) is 5.25. The molecule has 0 unspecified atom stereocenters. The fourth-order valence-electron chi connectivity index (χ4n) is 2.21. The molecule has 0 aliphatic rings. The maximum absolute atomic E-state index is 12.9. The van der Waals surface area contributed by atoms with Gasteiger partial charge < -0.3 is 18.8 Å². The molecule has 3 aromatic heterocycles. The molecule has 0 aliphatic heterocycles. The third-order valence-corrected chi connectivity index (χ3v) is 3.48. The maximum atomic E-state index is 12.9. The Morgan fingerprint density at radius 1 is 1.08 bits per heavy atom. The lowest BCUT2D eigenvalue weighted by molar-refractivity contribution is 0.0937. The van der Waals surface area contributed by atoms with Crippen LogP contribution in [0.5, 0.6) is 0 Å². The normalized spacial score (nSPS) is 10.8. The van der Waals surface area contributed by atoms with Gasteiger partial charge in [-0.1, -0.05) is 10.3 Å². The zero-order valence-electron chi connectivity index (χ0n) is 13.2. The van der Waals surface area contributed by atoms with E-state index in [9.17, 15) is 9.18 Å². The highest BCUT2D eigenvalue weighted by Crippen LogP contribution is 2.20. The molecule has 8 nitrogen and oxygen atoms in total. The van der Waals surface area contributed by atoms with Gasteiger partial charge in [-0.25, -0.2) is 4.39 Å². The van der Waals surface area contributed by atoms with Crippen LogP contribution in [0.2, 0.25) is 0 Å². The third kappa shape index (κ3) is 3.22. The summed E-state index contributed by atoms with van der Waals surface area (Å²) >= 11 is 0. The minimum Gasteiger partial charge on any atom is -0.461 e. The predicted octanol–water partition coefficient (Wildman–Crippen LogP) is 3.05. The number of rotatable bonds is 5. The highest BCUT2D eigenvalue weighted by Gasteiger charge is 2.16. The first-order valence-corrected chi connectivity index (χ1v) is 7.56. The van der Waals surface area contributed by atoms with Crippen molar-refractivity contribution in [3.05, 3.63) is 66.1 Å². The van der Waals surface area contributed by atoms with Crippen LogP contribution in [0.25, 0.3) is 22.9 Å². The van der Waals surface area contributed by atoms with Crippen molar-refractivity contribution in [1.29, 1.82) is 0 Å². The highest BCUT2D eigenvalue weighted by molar-refractivity contribution is 5.92. The Hall–Kier alpha value is -3.75. The number of aromatic nitrogens is 3. The van der Waals surface area contributed by atoms with Gasteiger partial charge in [0, 0.05) is 11.6 Å². The van der Waals surface area contributed by atoms with Crippen molar-refractivity contribution < 1.29 is 22.6 Å². The van der Waals surface area contributed by atoms with Gasteiger partial charge in [-0.15, -0.1) is 0 Å². The van der Waals surface area contributed by atoms with Gasteiger partial charge in [0.2, 0.25) is 17.5 Å². The Bertz CT molecular complexity index is 1020. The second-order valence-corrected chi connectivity index (χ2v) is 5.25. The monoisotopic (exact) mass is 354 g/mol. The van der Waals surface area contributed by atoms with Gasteiger partial charge in [-0.05, 0) is 36.4 Å². The number of carbonyl (C=O) groups excluding carboxylic acids is 1. The molecule has 26 heavy (non-hydrogen) atoms. The van der Waals surface area contributed by atoms with Crippen LogP contribution in [-0.4, -0.2) is 21.2 Å². The topological polar surface area (TPSA) is 107 Å². The smallest absolute Gasteiger partial charge is 0.273 e. The second kappa shape index (κ2) is 6.63. The lowest BCUT2D eigenvalue weighted by Gasteiger charge is -1.97. The van der Waals surface area contributed by atoms with Crippen molar-refractivity contribution in [2.45, 2.75) is 6.54 Å². The largest absolute Gasteiger partial charge is 0.461 e. The number of nitrogens with one attached hydrogen (secondary N) is 1. The SMILES string of the molecule is O=C(NCc1nc(-c2ccc(F)cc2)no1)c1cc(-c2ccco2)on1. The molecular weight excluding hydrogens is 343 g/mol. The maximum Gasteiger partial charge on any atom is 0.273 e.